The average Bonchev–Trinajstić information content (AvgIpc) is 2.71. The van der Waals surface area contributed by atoms with Crippen LogP contribution in [0.1, 0.15) is 69.2 Å². The van der Waals surface area contributed by atoms with Crippen molar-refractivity contribution in [3.05, 3.63) is 67.0 Å². The molecule has 0 bridgehead atoms. The molecule has 0 atom stereocenters. The second kappa shape index (κ2) is 19.6. The number of nitrogens with zero attached hydrogens (tertiary/aromatic N) is 1. The first-order valence-corrected chi connectivity index (χ1v) is 14.1. The zero-order valence-electron chi connectivity index (χ0n) is 23.3. The monoisotopic (exact) mass is 748 g/mol. The third-order valence-electron chi connectivity index (χ3n) is 4.31. The summed E-state index contributed by atoms with van der Waals surface area (Å²) >= 11 is 1.61. The van der Waals surface area contributed by atoms with Crippen molar-refractivity contribution in [3.63, 3.8) is 0 Å². The summed E-state index contributed by atoms with van der Waals surface area (Å²) < 4.78 is 4.35. The number of nitrogens with one attached hydrogen (secondary N) is 1. The number of aromatic nitrogens is 1. The van der Waals surface area contributed by atoms with E-state index in [1.807, 2.05) is 38.2 Å². The standard InChI is InChI=1S/C13H9N.C9H19NO2.C5H10O3.CH4.ClH.2H2N.Pt/c1-2-6-11-10(5-1)9-14-13-8-4-3-7-12(11)13;1-8(2,3)6-9(4,5)10-7(11)12;1-5(2,3)8-4(6)7;;;;;/h1-9H;10H,6H2,1-5H3,(H,11,12);1-3H3,(H,6,7);1H4;1H;2*1H2;/q;;;;;2*-1;+1/p-1. The molecule has 0 unspecified atom stereocenters. The predicted molar refractivity (Wildman–Crippen MR) is 161 cm³/mol. The first-order valence-electron chi connectivity index (χ1n) is 11.3. The minimum atomic E-state index is -1.22. The largest absolute Gasteiger partial charge is 0.693 e. The zero-order valence-corrected chi connectivity index (χ0v) is 26.3. The minimum Gasteiger partial charge on any atom is -0.693 e. The fourth-order valence-corrected chi connectivity index (χ4v) is 3.73. The number of amides is 1. The van der Waals surface area contributed by atoms with Crippen LogP contribution < -0.4 is 5.32 Å². The Morgan fingerprint density at radius 3 is 1.74 bits per heavy atom. The maximum Gasteiger partial charge on any atom is 0.0708 e. The molecule has 3 rings (SSSR count). The summed E-state index contributed by atoms with van der Waals surface area (Å²) in [6, 6.07) is 16.6. The number of nitrogens with two attached hydrogens (primary N) is 2. The Bertz CT molecular complexity index is 1060. The number of benzene rings is 2. The van der Waals surface area contributed by atoms with Gasteiger partial charge in [0.15, 0.2) is 0 Å². The van der Waals surface area contributed by atoms with Crippen molar-refractivity contribution in [1.29, 1.82) is 0 Å². The van der Waals surface area contributed by atoms with Gasteiger partial charge >= 0.3 is 40.4 Å². The van der Waals surface area contributed by atoms with Gasteiger partial charge in [-0.2, -0.15) is 0 Å². The second-order valence-corrected chi connectivity index (χ2v) is 10.9. The number of halogens is 1. The van der Waals surface area contributed by atoms with E-state index in [-0.39, 0.29) is 30.7 Å². The van der Waals surface area contributed by atoms with E-state index in [4.69, 9.17) is 10.2 Å². The molecule has 0 saturated carbocycles. The molecule has 1 aromatic heterocycles. The number of carboxylic acid groups (broad SMARTS) is 2. The van der Waals surface area contributed by atoms with Crippen molar-refractivity contribution in [2.45, 2.75) is 80.4 Å². The van der Waals surface area contributed by atoms with Gasteiger partial charge in [-0.25, -0.2) is 9.59 Å². The molecular weight excluding hydrogens is 703 g/mol. The molecule has 227 valence electrons. The van der Waals surface area contributed by atoms with Gasteiger partial charge in [0, 0.05) is 22.5 Å². The van der Waals surface area contributed by atoms with Crippen LogP contribution in [0.25, 0.3) is 34.0 Å². The van der Waals surface area contributed by atoms with Crippen molar-refractivity contribution in [3.8, 4) is 0 Å². The molecular formula is C28H46ClN4O5Pt-2. The second-order valence-electron chi connectivity index (χ2n) is 10.9. The Labute approximate surface area is 249 Å². The number of ether oxygens (including phenoxy) is 1. The third-order valence-corrected chi connectivity index (χ3v) is 4.31. The summed E-state index contributed by atoms with van der Waals surface area (Å²) in [6.07, 6.45) is 0.575. The molecule has 3 aromatic rings. The van der Waals surface area contributed by atoms with Gasteiger partial charge in [0.1, 0.15) is 5.60 Å². The van der Waals surface area contributed by atoms with Crippen LogP contribution in [0.4, 0.5) is 9.59 Å². The smallest absolute Gasteiger partial charge is 0.0708 e. The van der Waals surface area contributed by atoms with Gasteiger partial charge in [0.2, 0.25) is 0 Å². The van der Waals surface area contributed by atoms with Gasteiger partial charge in [-0.1, -0.05) is 70.7 Å². The fraction of sp³-hybridized carbons (Fsp3) is 0.464. The summed E-state index contributed by atoms with van der Waals surface area (Å²) in [6.45, 7) is 15.1. The quantitative estimate of drug-likeness (QED) is 0.173. The summed E-state index contributed by atoms with van der Waals surface area (Å²) in [5.41, 5.74) is 0.285. The van der Waals surface area contributed by atoms with Crippen LogP contribution in [-0.2, 0) is 23.5 Å². The van der Waals surface area contributed by atoms with Crippen LogP contribution in [-0.4, -0.2) is 38.6 Å². The minimum absolute atomic E-state index is 0. The van der Waals surface area contributed by atoms with E-state index in [9.17, 15) is 9.59 Å². The molecule has 9 nitrogen and oxygen atoms in total. The van der Waals surface area contributed by atoms with E-state index in [1.54, 1.807) is 39.5 Å². The van der Waals surface area contributed by atoms with E-state index in [0.717, 1.165) is 11.9 Å². The normalized spacial score (nSPS) is 10.2. The van der Waals surface area contributed by atoms with Gasteiger partial charge in [-0.05, 0) is 57.9 Å². The van der Waals surface area contributed by atoms with Crippen molar-refractivity contribution < 1.29 is 43.3 Å². The van der Waals surface area contributed by atoms with E-state index in [0.29, 0.717) is 0 Å². The molecule has 7 N–H and O–H groups in total. The number of rotatable bonds is 2. The first-order chi connectivity index (χ1) is 16.5. The van der Waals surface area contributed by atoms with Gasteiger partial charge in [0.05, 0.1) is 5.52 Å². The molecule has 0 fully saturated rings. The van der Waals surface area contributed by atoms with E-state index in [2.05, 4.69) is 75.6 Å². The molecule has 0 spiro atoms. The van der Waals surface area contributed by atoms with Crippen molar-refractivity contribution >= 4 is 43.3 Å². The molecule has 0 saturated heterocycles. The van der Waals surface area contributed by atoms with Crippen LogP contribution in [0.2, 0.25) is 0 Å². The van der Waals surface area contributed by atoms with Crippen LogP contribution >= 0.6 is 9.42 Å². The molecule has 0 aliphatic heterocycles. The van der Waals surface area contributed by atoms with Gasteiger partial charge in [-0.3, -0.25) is 4.98 Å². The maximum atomic E-state index is 10.4. The van der Waals surface area contributed by atoms with Gasteiger partial charge < -0.3 is 32.6 Å². The van der Waals surface area contributed by atoms with E-state index in [1.165, 1.54) is 16.2 Å². The summed E-state index contributed by atoms with van der Waals surface area (Å²) in [7, 11) is 4.61. The maximum absolute atomic E-state index is 10.4. The zero-order chi connectivity index (χ0) is 28.2. The molecule has 11 heteroatoms. The Morgan fingerprint density at radius 2 is 1.33 bits per heavy atom. The van der Waals surface area contributed by atoms with E-state index >= 15 is 0 Å². The SMILES string of the molecule is C.CC(C)(C)CC(C)(C)NC(=O)O.CC(C)(C)OC(=O)O.[Cl][Pt].[NH2-].[NH2-].c1ccc2c(c1)cnc1ccccc12. The fourth-order valence-electron chi connectivity index (χ4n) is 3.73. The summed E-state index contributed by atoms with van der Waals surface area (Å²) in [5.74, 6) is 0. The molecule has 1 amide bonds. The number of hydrogen-bond donors (Lipinski definition) is 3. The number of hydrogen-bond acceptors (Lipinski definition) is 4. The van der Waals surface area contributed by atoms with Crippen molar-refractivity contribution in [1.82, 2.24) is 10.3 Å². The summed E-state index contributed by atoms with van der Waals surface area (Å²) in [5, 5.41) is 22.8. The van der Waals surface area contributed by atoms with Crippen LogP contribution in [0.15, 0.2) is 54.7 Å². The van der Waals surface area contributed by atoms with Crippen molar-refractivity contribution in [2.75, 3.05) is 0 Å². The third kappa shape index (κ3) is 20.2. The molecule has 0 aliphatic carbocycles. The van der Waals surface area contributed by atoms with Crippen molar-refractivity contribution in [2.24, 2.45) is 5.41 Å². The number of fused-ring (bicyclic) bond motifs is 3. The van der Waals surface area contributed by atoms with Gasteiger partial charge in [0.25, 0.3) is 0 Å². The molecule has 39 heavy (non-hydrogen) atoms. The molecule has 2 aromatic carbocycles. The number of para-hydroxylation sites is 1. The Morgan fingerprint density at radius 1 is 0.872 bits per heavy atom. The Hall–Kier alpha value is -2.45. The molecule has 0 radical (unpaired) electrons. The predicted octanol–water partition coefficient (Wildman–Crippen LogP) is 10.1. The molecule has 1 heterocycles. The number of pyridine rings is 1. The first kappa shape index (κ1) is 43.6. The van der Waals surface area contributed by atoms with Crippen LogP contribution in [0.5, 0.6) is 0 Å². The average molecular weight is 749 g/mol. The van der Waals surface area contributed by atoms with Crippen LogP contribution in [0, 0.1) is 5.41 Å². The van der Waals surface area contributed by atoms with E-state index < -0.39 is 17.8 Å². The number of carbonyl (C=O) groups is 2. The Kier molecular flexibility index (Phi) is 21.9. The summed E-state index contributed by atoms with van der Waals surface area (Å²) in [4.78, 5) is 24.6. The van der Waals surface area contributed by atoms with Gasteiger partial charge in [-0.15, -0.1) is 0 Å². The van der Waals surface area contributed by atoms with Crippen LogP contribution in [0.3, 0.4) is 0 Å². The Balaban J connectivity index is -0.000000228. The molecule has 0 aliphatic rings. The topological polar surface area (TPSA) is 176 Å².